The molecule has 2 heterocycles. The van der Waals surface area contributed by atoms with Gasteiger partial charge in [-0.3, -0.25) is 9.52 Å². The summed E-state index contributed by atoms with van der Waals surface area (Å²) in [6, 6.07) is 2.81. The van der Waals surface area contributed by atoms with Crippen molar-refractivity contribution < 1.29 is 31.9 Å². The van der Waals surface area contributed by atoms with Gasteiger partial charge in [0.15, 0.2) is 5.82 Å². The highest BCUT2D eigenvalue weighted by Crippen LogP contribution is 2.27. The Bertz CT molecular complexity index is 1240. The lowest BCUT2D eigenvalue weighted by Gasteiger charge is -2.11. The Morgan fingerprint density at radius 3 is 2.66 bits per heavy atom. The van der Waals surface area contributed by atoms with Crippen molar-refractivity contribution in [3.63, 3.8) is 0 Å². The number of carbonyl (C=O) groups excluding carboxylic acids is 1. The molecule has 29 heavy (non-hydrogen) atoms. The van der Waals surface area contributed by atoms with Crippen molar-refractivity contribution in [1.82, 2.24) is 9.97 Å². The van der Waals surface area contributed by atoms with E-state index in [-0.39, 0.29) is 34.3 Å². The van der Waals surface area contributed by atoms with Gasteiger partial charge in [0, 0.05) is 23.3 Å². The fraction of sp³-hybridized carbons (Fsp3) is 0.167. The summed E-state index contributed by atoms with van der Waals surface area (Å²) in [6.45, 7) is 1.62. The molecule has 11 heteroatoms. The van der Waals surface area contributed by atoms with E-state index in [2.05, 4.69) is 9.97 Å². The molecule has 0 unspecified atom stereocenters. The Labute approximate surface area is 163 Å². The smallest absolute Gasteiger partial charge is 0.337 e. The number of anilines is 1. The van der Waals surface area contributed by atoms with E-state index in [4.69, 9.17) is 5.11 Å². The number of pyridine rings is 1. The fourth-order valence-corrected chi connectivity index (χ4v) is 3.90. The monoisotopic (exact) mass is 423 g/mol. The van der Waals surface area contributed by atoms with Gasteiger partial charge in [-0.2, -0.15) is 0 Å². The Hall–Kier alpha value is -3.34. The van der Waals surface area contributed by atoms with Crippen LogP contribution in [-0.4, -0.2) is 41.0 Å². The molecule has 0 atom stereocenters. The van der Waals surface area contributed by atoms with Crippen molar-refractivity contribution in [2.24, 2.45) is 0 Å². The van der Waals surface area contributed by atoms with E-state index in [0.717, 1.165) is 30.6 Å². The highest BCUT2D eigenvalue weighted by molar-refractivity contribution is 7.92. The fourth-order valence-electron chi connectivity index (χ4n) is 2.77. The van der Waals surface area contributed by atoms with E-state index in [0.29, 0.717) is 0 Å². The first kappa shape index (κ1) is 20.4. The number of carboxylic acid groups (broad SMARTS) is 1. The molecule has 0 amide bonds. The SMILES string of the molecule is CCCS(=O)(=O)Nc1ccc(F)c(C(=O)c2c[nH]c3ncc(C(=O)O)cc23)c1F. The van der Waals surface area contributed by atoms with E-state index in [1.54, 1.807) is 6.92 Å². The lowest BCUT2D eigenvalue weighted by molar-refractivity contribution is 0.0696. The zero-order chi connectivity index (χ0) is 21.3. The molecule has 0 saturated heterocycles. The zero-order valence-corrected chi connectivity index (χ0v) is 15.8. The molecule has 152 valence electrons. The summed E-state index contributed by atoms with van der Waals surface area (Å²) in [4.78, 5) is 30.5. The molecule has 0 aliphatic heterocycles. The standard InChI is InChI=1S/C18H15F2N3O5S/c1-2-5-29(27,28)23-13-4-3-12(19)14(15(13)20)16(24)11-8-22-17-10(11)6-9(7-21-17)18(25)26/h3-4,6-8,23H,2,5H2,1H3,(H,21,22)(H,25,26). The minimum absolute atomic E-state index is 0.0608. The van der Waals surface area contributed by atoms with E-state index < -0.39 is 44.7 Å². The van der Waals surface area contributed by atoms with Gasteiger partial charge in [-0.05, 0) is 24.6 Å². The Balaban J connectivity index is 2.10. The molecule has 2 aromatic heterocycles. The number of sulfonamides is 1. The molecule has 0 saturated carbocycles. The Kier molecular flexibility index (Phi) is 5.33. The molecule has 3 aromatic rings. The second-order valence-electron chi connectivity index (χ2n) is 6.16. The van der Waals surface area contributed by atoms with Gasteiger partial charge in [0.05, 0.1) is 22.6 Å². The van der Waals surface area contributed by atoms with Crippen molar-refractivity contribution in [3.8, 4) is 0 Å². The summed E-state index contributed by atoms with van der Waals surface area (Å²) < 4.78 is 54.9. The highest BCUT2D eigenvalue weighted by atomic mass is 32.2. The summed E-state index contributed by atoms with van der Waals surface area (Å²) in [6.07, 6.45) is 2.50. The minimum atomic E-state index is -3.87. The average molecular weight is 423 g/mol. The van der Waals surface area contributed by atoms with Gasteiger partial charge in [-0.1, -0.05) is 6.92 Å². The molecule has 0 radical (unpaired) electrons. The maximum absolute atomic E-state index is 14.8. The van der Waals surface area contributed by atoms with Crippen molar-refractivity contribution in [3.05, 3.63) is 58.9 Å². The number of benzene rings is 1. The van der Waals surface area contributed by atoms with Crippen LogP contribution in [0, 0.1) is 11.6 Å². The molecule has 0 aliphatic carbocycles. The molecule has 0 aliphatic rings. The first-order valence-corrected chi connectivity index (χ1v) is 10.0. The van der Waals surface area contributed by atoms with Gasteiger partial charge in [0.25, 0.3) is 0 Å². The summed E-state index contributed by atoms with van der Waals surface area (Å²) in [5.74, 6) is -5.22. The quantitative estimate of drug-likeness (QED) is 0.501. The second kappa shape index (κ2) is 7.59. The molecular formula is C18H15F2N3O5S. The summed E-state index contributed by atoms with van der Waals surface area (Å²) in [7, 11) is -3.87. The summed E-state index contributed by atoms with van der Waals surface area (Å²) >= 11 is 0. The number of carboxylic acids is 1. The van der Waals surface area contributed by atoms with E-state index in [1.807, 2.05) is 4.72 Å². The van der Waals surface area contributed by atoms with E-state index >= 15 is 0 Å². The van der Waals surface area contributed by atoms with E-state index in [9.17, 15) is 26.8 Å². The lowest BCUT2D eigenvalue weighted by atomic mass is 10.0. The number of halogens is 2. The van der Waals surface area contributed by atoms with Crippen molar-refractivity contribution in [2.45, 2.75) is 13.3 Å². The van der Waals surface area contributed by atoms with Gasteiger partial charge in [-0.25, -0.2) is 27.0 Å². The van der Waals surface area contributed by atoms with Crippen LogP contribution in [0.3, 0.4) is 0 Å². The molecule has 8 nitrogen and oxygen atoms in total. The van der Waals surface area contributed by atoms with Crippen LogP contribution in [-0.2, 0) is 10.0 Å². The van der Waals surface area contributed by atoms with Gasteiger partial charge in [-0.15, -0.1) is 0 Å². The van der Waals surface area contributed by atoms with Gasteiger partial charge in [0.2, 0.25) is 15.8 Å². The molecule has 3 rings (SSSR count). The van der Waals surface area contributed by atoms with Gasteiger partial charge in [0.1, 0.15) is 11.5 Å². The van der Waals surface area contributed by atoms with Crippen molar-refractivity contribution >= 4 is 38.5 Å². The number of aromatic nitrogens is 2. The molecule has 0 spiro atoms. The predicted octanol–water partition coefficient (Wildman–Crippen LogP) is 2.92. The van der Waals surface area contributed by atoms with Crippen molar-refractivity contribution in [1.29, 1.82) is 0 Å². The van der Waals surface area contributed by atoms with Gasteiger partial charge < -0.3 is 10.1 Å². The van der Waals surface area contributed by atoms with Crippen LogP contribution in [0.15, 0.2) is 30.6 Å². The number of fused-ring (bicyclic) bond motifs is 1. The van der Waals surface area contributed by atoms with Crippen LogP contribution in [0.1, 0.15) is 39.6 Å². The normalized spacial score (nSPS) is 11.6. The average Bonchev–Trinajstić information content (AvgIpc) is 3.07. The third-order valence-corrected chi connectivity index (χ3v) is 5.56. The Morgan fingerprint density at radius 1 is 1.28 bits per heavy atom. The Morgan fingerprint density at radius 2 is 2.00 bits per heavy atom. The number of hydrogen-bond acceptors (Lipinski definition) is 5. The van der Waals surface area contributed by atoms with Crippen LogP contribution in [0.2, 0.25) is 0 Å². The van der Waals surface area contributed by atoms with Gasteiger partial charge >= 0.3 is 5.97 Å². The lowest BCUT2D eigenvalue weighted by Crippen LogP contribution is -2.18. The molecule has 0 bridgehead atoms. The number of nitrogens with zero attached hydrogens (tertiary/aromatic N) is 1. The first-order chi connectivity index (χ1) is 13.6. The maximum atomic E-state index is 14.8. The number of aromatic carboxylic acids is 1. The first-order valence-electron chi connectivity index (χ1n) is 8.38. The van der Waals surface area contributed by atoms with Crippen LogP contribution < -0.4 is 4.72 Å². The number of hydrogen-bond donors (Lipinski definition) is 3. The number of carbonyl (C=O) groups is 2. The molecule has 3 N–H and O–H groups in total. The predicted molar refractivity (Wildman–Crippen MR) is 101 cm³/mol. The highest BCUT2D eigenvalue weighted by Gasteiger charge is 2.26. The summed E-state index contributed by atoms with van der Waals surface area (Å²) in [5.41, 5.74) is -1.80. The number of ketones is 1. The third-order valence-electron chi connectivity index (χ3n) is 4.08. The number of H-pyrrole nitrogens is 1. The topological polar surface area (TPSA) is 129 Å². The second-order valence-corrected chi connectivity index (χ2v) is 8.00. The largest absolute Gasteiger partial charge is 0.478 e. The molecule has 0 fully saturated rings. The van der Waals surface area contributed by atoms with Crippen LogP contribution >= 0.6 is 0 Å². The van der Waals surface area contributed by atoms with E-state index in [1.165, 1.54) is 0 Å². The maximum Gasteiger partial charge on any atom is 0.337 e. The zero-order valence-electron chi connectivity index (χ0n) is 15.0. The third kappa shape index (κ3) is 3.94. The van der Waals surface area contributed by atoms with Crippen LogP contribution in [0.25, 0.3) is 11.0 Å². The minimum Gasteiger partial charge on any atom is -0.478 e. The van der Waals surface area contributed by atoms with Crippen molar-refractivity contribution in [2.75, 3.05) is 10.5 Å². The molecular weight excluding hydrogens is 408 g/mol. The van der Waals surface area contributed by atoms with Crippen LogP contribution in [0.5, 0.6) is 0 Å². The number of rotatable bonds is 7. The summed E-state index contributed by atoms with van der Waals surface area (Å²) in [5, 5.41) is 9.15. The number of nitrogens with one attached hydrogen (secondary N) is 2. The number of aromatic amines is 1. The molecule has 1 aromatic carbocycles. The van der Waals surface area contributed by atoms with Crippen LogP contribution in [0.4, 0.5) is 14.5 Å².